The molecule has 0 heterocycles. The zero-order valence-electron chi connectivity index (χ0n) is 3.85. The molecule has 5 heteroatoms. The molecule has 4 nitrogen and oxygen atoms in total. The van der Waals surface area contributed by atoms with Gasteiger partial charge in [0.2, 0.25) is 0 Å². The van der Waals surface area contributed by atoms with Crippen molar-refractivity contribution in [1.29, 1.82) is 0 Å². The Bertz CT molecular complexity index is 99.1. The number of amides is 1. The summed E-state index contributed by atoms with van der Waals surface area (Å²) in [6, 6.07) is -1.69. The third-order valence-corrected chi connectivity index (χ3v) is 0.379. The first-order valence-electron chi connectivity index (χ1n) is 1.78. The number of nitrogens with one attached hydrogen (secondary N) is 1. The molecule has 0 aromatic carbocycles. The second kappa shape index (κ2) is 2.95. The summed E-state index contributed by atoms with van der Waals surface area (Å²) in [5.41, 5.74) is 0. The van der Waals surface area contributed by atoms with Gasteiger partial charge in [0, 0.05) is 0 Å². The van der Waals surface area contributed by atoms with E-state index < -0.39 is 18.7 Å². The van der Waals surface area contributed by atoms with Crippen LogP contribution in [0.5, 0.6) is 0 Å². The number of halogens is 1. The molecule has 0 bridgehead atoms. The van der Waals surface area contributed by atoms with E-state index in [9.17, 15) is 14.0 Å². The highest BCUT2D eigenvalue weighted by Crippen LogP contribution is 1.67. The highest BCUT2D eigenvalue weighted by molar-refractivity contribution is 5.75. The van der Waals surface area contributed by atoms with E-state index in [1.807, 2.05) is 0 Å². The van der Waals surface area contributed by atoms with Crippen LogP contribution >= 0.6 is 0 Å². The predicted octanol–water partition coefficient (Wildman–Crippen LogP) is -0.250. The van der Waals surface area contributed by atoms with Crippen LogP contribution in [0.2, 0.25) is 0 Å². The van der Waals surface area contributed by atoms with E-state index >= 15 is 0 Å². The summed E-state index contributed by atoms with van der Waals surface area (Å²) in [4.78, 5) is 18.8. The quantitative estimate of drug-likeness (QED) is 0.495. The first-order valence-corrected chi connectivity index (χ1v) is 1.78. The molecule has 0 fully saturated rings. The standard InChI is InChI=1S/C3H4FNO3/c4-2(6)1-5-3(7)8/h5H,1H2,(H,7,8). The Kier molecular flexibility index (Phi) is 2.53. The summed E-state index contributed by atoms with van der Waals surface area (Å²) in [7, 11) is 0. The summed E-state index contributed by atoms with van der Waals surface area (Å²) in [5.74, 6) is 0. The normalized spacial score (nSPS) is 8.12. The van der Waals surface area contributed by atoms with E-state index in [1.165, 1.54) is 5.32 Å². The number of carbonyl (C=O) groups excluding carboxylic acids is 1. The third-order valence-electron chi connectivity index (χ3n) is 0.379. The number of carboxylic acid groups (broad SMARTS) is 1. The van der Waals surface area contributed by atoms with Crippen molar-refractivity contribution in [2.75, 3.05) is 6.54 Å². The molecule has 0 aliphatic rings. The lowest BCUT2D eigenvalue weighted by Gasteiger charge is -1.89. The molecule has 2 N–H and O–H groups in total. The number of hydrogen-bond donors (Lipinski definition) is 2. The fraction of sp³-hybridized carbons (Fsp3) is 0.333. The number of carbonyl (C=O) groups is 2. The van der Waals surface area contributed by atoms with E-state index in [1.54, 1.807) is 0 Å². The van der Waals surface area contributed by atoms with Crippen molar-refractivity contribution in [3.63, 3.8) is 0 Å². The molecule has 0 aliphatic carbocycles. The zero-order valence-corrected chi connectivity index (χ0v) is 3.85. The first-order chi connectivity index (χ1) is 3.63. The van der Waals surface area contributed by atoms with Gasteiger partial charge in [0.25, 0.3) is 0 Å². The molecule has 0 radical (unpaired) electrons. The van der Waals surface area contributed by atoms with Crippen molar-refractivity contribution < 1.29 is 19.1 Å². The van der Waals surface area contributed by atoms with E-state index in [-0.39, 0.29) is 0 Å². The maximum Gasteiger partial charge on any atom is 0.405 e. The van der Waals surface area contributed by atoms with E-state index in [4.69, 9.17) is 5.11 Å². The minimum absolute atomic E-state index is 0.769. The molecule has 0 aromatic rings. The van der Waals surface area contributed by atoms with Gasteiger partial charge < -0.3 is 10.4 Å². The van der Waals surface area contributed by atoms with Crippen LogP contribution in [0.25, 0.3) is 0 Å². The molecule has 0 atom stereocenters. The molecule has 0 rings (SSSR count). The molecular weight excluding hydrogens is 117 g/mol. The first kappa shape index (κ1) is 6.87. The minimum Gasteiger partial charge on any atom is -0.465 e. The summed E-state index contributed by atoms with van der Waals surface area (Å²) in [6.45, 7) is -0.769. The molecule has 8 heavy (non-hydrogen) atoms. The van der Waals surface area contributed by atoms with Gasteiger partial charge in [-0.3, -0.25) is 4.79 Å². The van der Waals surface area contributed by atoms with Crippen LogP contribution in [0.4, 0.5) is 9.18 Å². The molecule has 0 saturated carbocycles. The van der Waals surface area contributed by atoms with Gasteiger partial charge in [-0.15, -0.1) is 0 Å². The molecular formula is C3H4FNO3. The fourth-order valence-electron chi connectivity index (χ4n) is 0.145. The Hall–Kier alpha value is -1.13. The minimum atomic E-state index is -1.69. The molecule has 0 saturated heterocycles. The predicted molar refractivity (Wildman–Crippen MR) is 22.1 cm³/mol. The van der Waals surface area contributed by atoms with Gasteiger partial charge in [-0.1, -0.05) is 0 Å². The van der Waals surface area contributed by atoms with Crippen molar-refractivity contribution in [3.8, 4) is 0 Å². The van der Waals surface area contributed by atoms with E-state index in [0.717, 1.165) is 0 Å². The van der Waals surface area contributed by atoms with Gasteiger partial charge in [0.15, 0.2) is 0 Å². The van der Waals surface area contributed by atoms with E-state index in [2.05, 4.69) is 0 Å². The summed E-state index contributed by atoms with van der Waals surface area (Å²) < 4.78 is 11.1. The van der Waals surface area contributed by atoms with Crippen LogP contribution in [-0.4, -0.2) is 23.8 Å². The average Bonchev–Trinajstić information content (AvgIpc) is 1.61. The fourth-order valence-corrected chi connectivity index (χ4v) is 0.145. The maximum absolute atomic E-state index is 11.1. The second-order valence-electron chi connectivity index (χ2n) is 1.01. The van der Waals surface area contributed by atoms with Gasteiger partial charge in [0.1, 0.15) is 6.54 Å². The van der Waals surface area contributed by atoms with Crippen LogP contribution < -0.4 is 5.32 Å². The monoisotopic (exact) mass is 121 g/mol. The van der Waals surface area contributed by atoms with Crippen molar-refractivity contribution in [2.24, 2.45) is 0 Å². The average molecular weight is 121 g/mol. The van der Waals surface area contributed by atoms with Crippen LogP contribution in [-0.2, 0) is 4.79 Å². The summed E-state index contributed by atoms with van der Waals surface area (Å²) in [6.07, 6.45) is -1.41. The van der Waals surface area contributed by atoms with Crippen molar-refractivity contribution in [3.05, 3.63) is 0 Å². The van der Waals surface area contributed by atoms with Crippen LogP contribution in [0.3, 0.4) is 0 Å². The molecule has 46 valence electrons. The molecule has 0 unspecified atom stereocenters. The maximum atomic E-state index is 11.1. The second-order valence-corrected chi connectivity index (χ2v) is 1.01. The van der Waals surface area contributed by atoms with Gasteiger partial charge in [0.05, 0.1) is 0 Å². The topological polar surface area (TPSA) is 66.4 Å². The SMILES string of the molecule is O=C(F)CNC(=O)O. The van der Waals surface area contributed by atoms with Gasteiger partial charge in [-0.2, -0.15) is 4.39 Å². The van der Waals surface area contributed by atoms with E-state index in [0.29, 0.717) is 0 Å². The third kappa shape index (κ3) is 4.87. The van der Waals surface area contributed by atoms with Gasteiger partial charge in [-0.05, 0) is 0 Å². The largest absolute Gasteiger partial charge is 0.465 e. The Morgan fingerprint density at radius 3 is 2.25 bits per heavy atom. The van der Waals surface area contributed by atoms with Gasteiger partial charge >= 0.3 is 12.1 Å². The highest BCUT2D eigenvalue weighted by atomic mass is 19.1. The molecule has 0 aliphatic heterocycles. The smallest absolute Gasteiger partial charge is 0.405 e. The Morgan fingerprint density at radius 1 is 1.62 bits per heavy atom. The lowest BCUT2D eigenvalue weighted by Crippen LogP contribution is -2.25. The van der Waals surface area contributed by atoms with Crippen LogP contribution in [0.1, 0.15) is 0 Å². The molecule has 0 spiro atoms. The Balaban J connectivity index is 3.18. The Morgan fingerprint density at radius 2 is 2.12 bits per heavy atom. The zero-order chi connectivity index (χ0) is 6.57. The number of hydrogen-bond acceptors (Lipinski definition) is 2. The Labute approximate surface area is 44.3 Å². The van der Waals surface area contributed by atoms with Crippen LogP contribution in [0.15, 0.2) is 0 Å². The number of rotatable bonds is 2. The van der Waals surface area contributed by atoms with Crippen LogP contribution in [0, 0.1) is 0 Å². The van der Waals surface area contributed by atoms with Crippen molar-refractivity contribution in [2.45, 2.75) is 0 Å². The van der Waals surface area contributed by atoms with Crippen molar-refractivity contribution in [1.82, 2.24) is 5.32 Å². The lowest BCUT2D eigenvalue weighted by molar-refractivity contribution is -0.128. The van der Waals surface area contributed by atoms with Gasteiger partial charge in [-0.25, -0.2) is 4.79 Å². The molecule has 1 amide bonds. The highest BCUT2D eigenvalue weighted by Gasteiger charge is 1.98. The van der Waals surface area contributed by atoms with Crippen molar-refractivity contribution >= 4 is 12.1 Å². The molecule has 0 aromatic heterocycles. The summed E-state index contributed by atoms with van der Waals surface area (Å²) >= 11 is 0. The summed E-state index contributed by atoms with van der Waals surface area (Å²) in [5, 5.41) is 9.27. The lowest BCUT2D eigenvalue weighted by atomic mass is 10.7.